The minimum Gasteiger partial charge on any atom is -0.384 e. The summed E-state index contributed by atoms with van der Waals surface area (Å²) in [6.07, 6.45) is 8.90. The molecule has 1 fully saturated rings. The zero-order chi connectivity index (χ0) is 13.7. The first kappa shape index (κ1) is 14.3. The van der Waals surface area contributed by atoms with Gasteiger partial charge in [-0.15, -0.1) is 0 Å². The van der Waals surface area contributed by atoms with E-state index in [0.29, 0.717) is 5.82 Å². The molecule has 2 N–H and O–H groups in total. The average Bonchev–Trinajstić information content (AvgIpc) is 2.64. The maximum Gasteiger partial charge on any atom is 0.162 e. The van der Waals surface area contributed by atoms with Crippen molar-refractivity contribution in [3.8, 4) is 0 Å². The van der Waals surface area contributed by atoms with Gasteiger partial charge in [-0.3, -0.25) is 0 Å². The smallest absolute Gasteiger partial charge is 0.162 e. The molecule has 0 aliphatic heterocycles. The van der Waals surface area contributed by atoms with Crippen molar-refractivity contribution in [3.63, 3.8) is 0 Å². The number of ether oxygens (including phenoxy) is 1. The molecule has 106 valence electrons. The lowest BCUT2D eigenvalue weighted by molar-refractivity contribution is -0.0352. The third-order valence-electron chi connectivity index (χ3n) is 4.01. The van der Waals surface area contributed by atoms with Crippen LogP contribution in [0.15, 0.2) is 6.07 Å². The van der Waals surface area contributed by atoms with Gasteiger partial charge in [0.15, 0.2) is 5.82 Å². The zero-order valence-corrected chi connectivity index (χ0v) is 12.1. The number of hydrogen-bond acceptors (Lipinski definition) is 4. The van der Waals surface area contributed by atoms with Gasteiger partial charge < -0.3 is 10.5 Å². The summed E-state index contributed by atoms with van der Waals surface area (Å²) in [5, 5.41) is 0. The number of nitrogens with two attached hydrogens (primary N) is 1. The summed E-state index contributed by atoms with van der Waals surface area (Å²) < 4.78 is 5.85. The van der Waals surface area contributed by atoms with Crippen LogP contribution in [0.1, 0.15) is 63.4 Å². The number of hydrogen-bond donors (Lipinski definition) is 1. The molecule has 2 rings (SSSR count). The standard InChI is InChI=1S/C15H25N3O/c1-3-8-12-11-13(16)18-14(17-12)15(19-2)9-6-4-5-7-10-15/h11H,3-10H2,1-2H3,(H2,16,17,18). The summed E-state index contributed by atoms with van der Waals surface area (Å²) in [5.41, 5.74) is 6.65. The van der Waals surface area contributed by atoms with Gasteiger partial charge >= 0.3 is 0 Å². The van der Waals surface area contributed by atoms with Crippen LogP contribution < -0.4 is 5.73 Å². The second kappa shape index (κ2) is 6.33. The summed E-state index contributed by atoms with van der Waals surface area (Å²) in [6, 6.07) is 1.88. The SMILES string of the molecule is CCCc1cc(N)nc(C2(OC)CCCCCC2)n1. The molecule has 0 radical (unpaired) electrons. The molecule has 0 spiro atoms. The average molecular weight is 263 g/mol. The summed E-state index contributed by atoms with van der Waals surface area (Å²) in [6.45, 7) is 2.15. The molecule has 0 aromatic carbocycles. The molecule has 4 nitrogen and oxygen atoms in total. The minimum atomic E-state index is -0.325. The Bertz CT molecular complexity index is 412. The maximum absolute atomic E-state index is 5.94. The molecule has 0 amide bonds. The van der Waals surface area contributed by atoms with Gasteiger partial charge in [0.1, 0.15) is 11.4 Å². The Morgan fingerprint density at radius 2 is 1.89 bits per heavy atom. The van der Waals surface area contributed by atoms with E-state index >= 15 is 0 Å². The first-order valence-electron chi connectivity index (χ1n) is 7.39. The molecule has 0 saturated heterocycles. The first-order chi connectivity index (χ1) is 9.20. The fourth-order valence-electron chi connectivity index (χ4n) is 2.93. The number of nitrogen functional groups attached to an aromatic ring is 1. The molecule has 4 heteroatoms. The summed E-state index contributed by atoms with van der Waals surface area (Å²) in [7, 11) is 1.78. The number of nitrogens with zero attached hydrogens (tertiary/aromatic N) is 2. The van der Waals surface area contributed by atoms with Crippen LogP contribution >= 0.6 is 0 Å². The Hall–Kier alpha value is -1.16. The molecule has 1 aliphatic carbocycles. The largest absolute Gasteiger partial charge is 0.384 e. The predicted octanol–water partition coefficient (Wildman–Crippen LogP) is 3.21. The molecular weight excluding hydrogens is 238 g/mol. The number of aromatic nitrogens is 2. The van der Waals surface area contributed by atoms with E-state index in [-0.39, 0.29) is 5.60 Å². The second-order valence-electron chi connectivity index (χ2n) is 5.47. The molecular formula is C15H25N3O. The van der Waals surface area contributed by atoms with Crippen molar-refractivity contribution >= 4 is 5.82 Å². The first-order valence-corrected chi connectivity index (χ1v) is 7.39. The molecule has 1 aliphatic rings. The van der Waals surface area contributed by atoms with Crippen LogP contribution in [-0.2, 0) is 16.8 Å². The van der Waals surface area contributed by atoms with Crippen molar-refractivity contribution in [2.24, 2.45) is 0 Å². The van der Waals surface area contributed by atoms with Crippen molar-refractivity contribution in [3.05, 3.63) is 17.6 Å². The lowest BCUT2D eigenvalue weighted by Crippen LogP contribution is -2.31. The molecule has 1 saturated carbocycles. The van der Waals surface area contributed by atoms with Crippen LogP contribution in [0.25, 0.3) is 0 Å². The van der Waals surface area contributed by atoms with Gasteiger partial charge in [-0.1, -0.05) is 39.0 Å². The highest BCUT2D eigenvalue weighted by Gasteiger charge is 2.36. The van der Waals surface area contributed by atoms with E-state index in [1.807, 2.05) is 6.07 Å². The van der Waals surface area contributed by atoms with Crippen molar-refractivity contribution in [2.75, 3.05) is 12.8 Å². The molecule has 1 heterocycles. The molecule has 0 bridgehead atoms. The van der Waals surface area contributed by atoms with E-state index in [0.717, 1.165) is 37.2 Å². The third kappa shape index (κ3) is 3.24. The highest BCUT2D eigenvalue weighted by molar-refractivity contribution is 5.31. The fraction of sp³-hybridized carbons (Fsp3) is 0.733. The fourth-order valence-corrected chi connectivity index (χ4v) is 2.93. The maximum atomic E-state index is 5.94. The van der Waals surface area contributed by atoms with Gasteiger partial charge in [-0.05, 0) is 19.3 Å². The highest BCUT2D eigenvalue weighted by atomic mass is 16.5. The van der Waals surface area contributed by atoms with Crippen LogP contribution in [0, 0.1) is 0 Å². The van der Waals surface area contributed by atoms with Gasteiger partial charge in [0, 0.05) is 18.9 Å². The van der Waals surface area contributed by atoms with E-state index < -0.39 is 0 Å². The van der Waals surface area contributed by atoms with Crippen LogP contribution in [0.4, 0.5) is 5.82 Å². The topological polar surface area (TPSA) is 61.0 Å². The van der Waals surface area contributed by atoms with E-state index in [1.165, 1.54) is 25.7 Å². The number of methoxy groups -OCH3 is 1. The molecule has 0 unspecified atom stereocenters. The summed E-state index contributed by atoms with van der Waals surface area (Å²) in [4.78, 5) is 9.18. The number of aryl methyl sites for hydroxylation is 1. The van der Waals surface area contributed by atoms with Gasteiger partial charge in [0.05, 0.1) is 0 Å². The number of anilines is 1. The van der Waals surface area contributed by atoms with Crippen molar-refractivity contribution in [2.45, 2.75) is 63.9 Å². The Morgan fingerprint density at radius 3 is 2.47 bits per heavy atom. The highest BCUT2D eigenvalue weighted by Crippen LogP contribution is 2.37. The molecule has 1 aromatic heterocycles. The van der Waals surface area contributed by atoms with E-state index in [1.54, 1.807) is 7.11 Å². The van der Waals surface area contributed by atoms with Crippen molar-refractivity contribution in [1.82, 2.24) is 9.97 Å². The van der Waals surface area contributed by atoms with Gasteiger partial charge in [-0.2, -0.15) is 0 Å². The predicted molar refractivity (Wildman–Crippen MR) is 76.8 cm³/mol. The second-order valence-corrected chi connectivity index (χ2v) is 5.47. The van der Waals surface area contributed by atoms with E-state index in [2.05, 4.69) is 11.9 Å². The Labute approximate surface area is 115 Å². The Morgan fingerprint density at radius 1 is 1.21 bits per heavy atom. The van der Waals surface area contributed by atoms with Crippen molar-refractivity contribution in [1.29, 1.82) is 0 Å². The van der Waals surface area contributed by atoms with Crippen LogP contribution in [0.3, 0.4) is 0 Å². The molecule has 1 aromatic rings. The number of rotatable bonds is 4. The third-order valence-corrected chi connectivity index (χ3v) is 4.01. The van der Waals surface area contributed by atoms with Crippen LogP contribution in [0.5, 0.6) is 0 Å². The molecule has 19 heavy (non-hydrogen) atoms. The lowest BCUT2D eigenvalue weighted by Gasteiger charge is -2.30. The minimum absolute atomic E-state index is 0.325. The summed E-state index contributed by atoms with van der Waals surface area (Å²) >= 11 is 0. The van der Waals surface area contributed by atoms with E-state index in [4.69, 9.17) is 15.5 Å². The zero-order valence-electron chi connectivity index (χ0n) is 12.1. The van der Waals surface area contributed by atoms with Crippen molar-refractivity contribution < 1.29 is 4.74 Å². The van der Waals surface area contributed by atoms with Crippen LogP contribution in [-0.4, -0.2) is 17.1 Å². The normalized spacial score (nSPS) is 19.1. The Balaban J connectivity index is 2.35. The van der Waals surface area contributed by atoms with Gasteiger partial charge in [-0.25, -0.2) is 9.97 Å². The van der Waals surface area contributed by atoms with Crippen LogP contribution in [0.2, 0.25) is 0 Å². The lowest BCUT2D eigenvalue weighted by atomic mass is 9.93. The van der Waals surface area contributed by atoms with Gasteiger partial charge in [0.25, 0.3) is 0 Å². The molecule has 0 atom stereocenters. The quantitative estimate of drug-likeness (QED) is 0.847. The Kier molecular flexibility index (Phi) is 4.75. The monoisotopic (exact) mass is 263 g/mol. The van der Waals surface area contributed by atoms with Gasteiger partial charge in [0.2, 0.25) is 0 Å². The summed E-state index contributed by atoms with van der Waals surface area (Å²) in [5.74, 6) is 1.36. The van der Waals surface area contributed by atoms with E-state index in [9.17, 15) is 0 Å².